The Morgan fingerprint density at radius 1 is 1.14 bits per heavy atom. The van der Waals surface area contributed by atoms with Crippen LogP contribution in [-0.4, -0.2) is 39.4 Å². The van der Waals surface area contributed by atoms with Crippen LogP contribution in [0, 0.1) is 0 Å². The number of hydrogen-bond donors (Lipinski definition) is 2. The number of carbonyl (C=O) groups is 2. The normalized spacial score (nSPS) is 25.3. The Bertz CT molecular complexity index is 1340. The molecule has 2 aliphatic heterocycles. The van der Waals surface area contributed by atoms with Crippen LogP contribution >= 0.6 is 0 Å². The number of imide groups is 1. The molecule has 3 aromatic rings. The van der Waals surface area contributed by atoms with Crippen LogP contribution in [0.1, 0.15) is 60.8 Å². The van der Waals surface area contributed by atoms with Gasteiger partial charge in [-0.15, -0.1) is 0 Å². The molecule has 2 saturated heterocycles. The second-order valence-electron chi connectivity index (χ2n) is 10.2. The molecule has 2 aliphatic rings. The van der Waals surface area contributed by atoms with Crippen molar-refractivity contribution in [2.45, 2.75) is 62.9 Å². The number of nitrogens with one attached hydrogen (secondary N) is 1. The number of piperidine rings is 2. The number of fused-ring (bicyclic) bond motifs is 1. The minimum absolute atomic E-state index is 0.00432. The van der Waals surface area contributed by atoms with Gasteiger partial charge in [-0.25, -0.2) is 0 Å². The molecule has 3 atom stereocenters. The monoisotopic (exact) mass is 511 g/mol. The molecule has 194 valence electrons. The third-order valence-electron chi connectivity index (χ3n) is 7.62. The summed E-state index contributed by atoms with van der Waals surface area (Å²) in [6, 6.07) is 12.8. The smallest absolute Gasteiger partial charge is 0.385 e. The molecule has 1 aromatic heterocycles. The first-order chi connectivity index (χ1) is 17.5. The van der Waals surface area contributed by atoms with E-state index in [2.05, 4.69) is 15.2 Å². The highest BCUT2D eigenvalue weighted by molar-refractivity contribution is 6.01. The molecule has 0 saturated carbocycles. The first-order valence-corrected chi connectivity index (χ1v) is 12.4. The molecule has 0 radical (unpaired) electrons. The van der Waals surface area contributed by atoms with Gasteiger partial charge in [0.2, 0.25) is 11.8 Å². The lowest BCUT2D eigenvalue weighted by Gasteiger charge is -2.43. The van der Waals surface area contributed by atoms with E-state index in [1.54, 1.807) is 6.20 Å². The van der Waals surface area contributed by atoms with E-state index in [0.29, 0.717) is 32.4 Å². The van der Waals surface area contributed by atoms with E-state index >= 15 is 0 Å². The van der Waals surface area contributed by atoms with Gasteiger partial charge in [-0.05, 0) is 73.2 Å². The SMILES string of the molecule is C[C@H]1C[C@](O)(c2ccc3ncc(C4CCC(=O)NC4=O)cc3c2)CCN1Cc1ccc(C(F)(F)F)cc1. The largest absolute Gasteiger partial charge is 0.416 e. The number of likely N-dealkylation sites (tertiary alicyclic amines) is 1. The van der Waals surface area contributed by atoms with Crippen LogP contribution in [0.5, 0.6) is 0 Å². The number of aromatic nitrogens is 1. The van der Waals surface area contributed by atoms with Crippen LogP contribution in [0.25, 0.3) is 10.9 Å². The quantitative estimate of drug-likeness (QED) is 0.499. The van der Waals surface area contributed by atoms with Crippen molar-refractivity contribution in [1.82, 2.24) is 15.2 Å². The van der Waals surface area contributed by atoms with E-state index in [4.69, 9.17) is 0 Å². The van der Waals surface area contributed by atoms with Crippen LogP contribution < -0.4 is 5.32 Å². The molecule has 0 spiro atoms. The Morgan fingerprint density at radius 2 is 1.89 bits per heavy atom. The molecule has 2 aromatic carbocycles. The highest BCUT2D eigenvalue weighted by atomic mass is 19.4. The van der Waals surface area contributed by atoms with Crippen LogP contribution in [0.15, 0.2) is 54.7 Å². The number of aliphatic hydroxyl groups is 1. The zero-order chi connectivity index (χ0) is 26.4. The third-order valence-corrected chi connectivity index (χ3v) is 7.62. The van der Waals surface area contributed by atoms with Crippen molar-refractivity contribution >= 4 is 22.7 Å². The molecule has 2 N–H and O–H groups in total. The molecular formula is C28H28F3N3O3. The number of amides is 2. The van der Waals surface area contributed by atoms with Gasteiger partial charge in [0.05, 0.1) is 22.6 Å². The fourth-order valence-corrected chi connectivity index (χ4v) is 5.44. The zero-order valence-electron chi connectivity index (χ0n) is 20.4. The van der Waals surface area contributed by atoms with Gasteiger partial charge in [0.15, 0.2) is 0 Å². The summed E-state index contributed by atoms with van der Waals surface area (Å²) in [5, 5.41) is 14.8. The van der Waals surface area contributed by atoms with Gasteiger partial charge < -0.3 is 5.11 Å². The van der Waals surface area contributed by atoms with Crippen molar-refractivity contribution in [1.29, 1.82) is 0 Å². The van der Waals surface area contributed by atoms with Crippen molar-refractivity contribution in [3.05, 3.63) is 77.0 Å². The Hall–Kier alpha value is -3.30. The van der Waals surface area contributed by atoms with Gasteiger partial charge in [0.25, 0.3) is 0 Å². The van der Waals surface area contributed by atoms with Gasteiger partial charge >= 0.3 is 6.18 Å². The highest BCUT2D eigenvalue weighted by Crippen LogP contribution is 2.38. The first kappa shape index (κ1) is 25.4. The van der Waals surface area contributed by atoms with E-state index in [1.165, 1.54) is 12.1 Å². The zero-order valence-corrected chi connectivity index (χ0v) is 20.4. The average molecular weight is 512 g/mol. The van der Waals surface area contributed by atoms with Gasteiger partial charge in [-0.3, -0.25) is 24.8 Å². The number of pyridine rings is 1. The Kier molecular flexibility index (Phi) is 6.53. The Balaban J connectivity index is 1.31. The first-order valence-electron chi connectivity index (χ1n) is 12.4. The molecule has 6 nitrogen and oxygen atoms in total. The van der Waals surface area contributed by atoms with E-state index < -0.39 is 23.3 Å². The van der Waals surface area contributed by atoms with Crippen molar-refractivity contribution < 1.29 is 27.9 Å². The molecule has 0 bridgehead atoms. The van der Waals surface area contributed by atoms with Crippen LogP contribution in [-0.2, 0) is 27.9 Å². The van der Waals surface area contributed by atoms with Crippen LogP contribution in [0.3, 0.4) is 0 Å². The number of hydrogen-bond acceptors (Lipinski definition) is 5. The topological polar surface area (TPSA) is 82.5 Å². The van der Waals surface area contributed by atoms with E-state index in [0.717, 1.165) is 39.7 Å². The van der Waals surface area contributed by atoms with E-state index in [-0.39, 0.29) is 24.3 Å². The summed E-state index contributed by atoms with van der Waals surface area (Å²) in [7, 11) is 0. The van der Waals surface area contributed by atoms with E-state index in [1.807, 2.05) is 31.2 Å². The molecule has 1 unspecified atom stereocenters. The summed E-state index contributed by atoms with van der Waals surface area (Å²) in [5.74, 6) is -1.02. The van der Waals surface area contributed by atoms with Gasteiger partial charge in [-0.2, -0.15) is 13.2 Å². The number of alkyl halides is 3. The lowest BCUT2D eigenvalue weighted by molar-refractivity contribution is -0.138. The predicted molar refractivity (Wildman–Crippen MR) is 131 cm³/mol. The predicted octanol–water partition coefficient (Wildman–Crippen LogP) is 4.65. The standard InChI is InChI=1S/C28H28F3N3O3/c1-17-14-27(37,10-11-34(17)16-18-2-4-21(5-3-18)28(29,30)31)22-6-8-24-19(13-22)12-20(15-32-24)23-7-9-25(35)33-26(23)36/h2-6,8,12-13,15,17,23,37H,7,9-11,14,16H2,1H3,(H,33,35,36)/t17-,23?,27-/m0/s1. The molecule has 0 aliphatic carbocycles. The van der Waals surface area contributed by atoms with Crippen LogP contribution in [0.2, 0.25) is 0 Å². The number of halogens is 3. The maximum absolute atomic E-state index is 12.9. The summed E-state index contributed by atoms with van der Waals surface area (Å²) in [6.07, 6.45) is -1.02. The maximum Gasteiger partial charge on any atom is 0.416 e. The number of benzene rings is 2. The molecular weight excluding hydrogens is 483 g/mol. The minimum atomic E-state index is -4.36. The molecule has 3 heterocycles. The van der Waals surface area contributed by atoms with Gasteiger partial charge in [0.1, 0.15) is 0 Å². The van der Waals surface area contributed by atoms with Gasteiger partial charge in [0, 0.05) is 37.1 Å². The highest BCUT2D eigenvalue weighted by Gasteiger charge is 2.38. The number of rotatable bonds is 4. The van der Waals surface area contributed by atoms with Crippen molar-refractivity contribution in [3.63, 3.8) is 0 Å². The fourth-order valence-electron chi connectivity index (χ4n) is 5.44. The second-order valence-corrected chi connectivity index (χ2v) is 10.2. The molecule has 2 fully saturated rings. The second kappa shape index (κ2) is 9.54. The molecule has 2 amide bonds. The fraction of sp³-hybridized carbons (Fsp3) is 0.393. The minimum Gasteiger partial charge on any atom is -0.385 e. The van der Waals surface area contributed by atoms with E-state index in [9.17, 15) is 27.9 Å². The summed E-state index contributed by atoms with van der Waals surface area (Å²) in [5.41, 5.74) is 1.32. The maximum atomic E-state index is 12.9. The lowest BCUT2D eigenvalue weighted by atomic mass is 9.80. The van der Waals surface area contributed by atoms with Crippen molar-refractivity contribution in [2.24, 2.45) is 0 Å². The summed E-state index contributed by atoms with van der Waals surface area (Å²) in [4.78, 5) is 30.5. The number of carbonyl (C=O) groups excluding carboxylic acids is 2. The Labute approximate surface area is 212 Å². The molecule has 37 heavy (non-hydrogen) atoms. The van der Waals surface area contributed by atoms with Crippen molar-refractivity contribution in [3.8, 4) is 0 Å². The van der Waals surface area contributed by atoms with Crippen LogP contribution in [0.4, 0.5) is 13.2 Å². The molecule has 9 heteroatoms. The summed E-state index contributed by atoms with van der Waals surface area (Å²) >= 11 is 0. The Morgan fingerprint density at radius 3 is 2.57 bits per heavy atom. The number of nitrogens with zero attached hydrogens (tertiary/aromatic N) is 2. The van der Waals surface area contributed by atoms with Gasteiger partial charge in [-0.1, -0.05) is 18.2 Å². The summed E-state index contributed by atoms with van der Waals surface area (Å²) < 4.78 is 38.6. The lowest BCUT2D eigenvalue weighted by Crippen LogP contribution is -2.47. The van der Waals surface area contributed by atoms with Crippen molar-refractivity contribution in [2.75, 3.05) is 6.54 Å². The average Bonchev–Trinajstić information content (AvgIpc) is 2.85. The molecule has 5 rings (SSSR count). The third kappa shape index (κ3) is 5.24. The summed E-state index contributed by atoms with van der Waals surface area (Å²) in [6.45, 7) is 3.11.